The molecule has 0 unspecified atom stereocenters. The zero-order valence-corrected chi connectivity index (χ0v) is 10.2. The third-order valence-electron chi connectivity index (χ3n) is 2.60. The van der Waals surface area contributed by atoms with E-state index in [9.17, 15) is 4.79 Å². The molecule has 2 N–H and O–H groups in total. The maximum Gasteiger partial charge on any atom is 0.356 e. The number of rotatable bonds is 5. The molecule has 0 aliphatic carbocycles. The van der Waals surface area contributed by atoms with Crippen LogP contribution in [-0.4, -0.2) is 52.4 Å². The maximum atomic E-state index is 10.7. The van der Waals surface area contributed by atoms with Crippen molar-refractivity contribution in [2.75, 3.05) is 11.9 Å². The number of aromatic carboxylic acids is 1. The van der Waals surface area contributed by atoms with Crippen LogP contribution in [0.15, 0.2) is 24.7 Å². The largest absolute Gasteiger partial charge is 0.476 e. The molecule has 10 nitrogen and oxygen atoms in total. The van der Waals surface area contributed by atoms with Gasteiger partial charge in [0.1, 0.15) is 5.82 Å². The second kappa shape index (κ2) is 4.91. The van der Waals surface area contributed by atoms with Crippen LogP contribution in [0.25, 0.3) is 5.65 Å². The van der Waals surface area contributed by atoms with E-state index in [2.05, 4.69) is 30.9 Å². The number of hydrogen-bond acceptors (Lipinski definition) is 7. The van der Waals surface area contributed by atoms with Gasteiger partial charge in [-0.15, -0.1) is 14.8 Å². The molecule has 102 valence electrons. The topological polar surface area (TPSA) is 123 Å². The molecule has 0 aliphatic rings. The summed E-state index contributed by atoms with van der Waals surface area (Å²) in [5.74, 6) is -0.411. The van der Waals surface area contributed by atoms with Crippen LogP contribution >= 0.6 is 0 Å². The monoisotopic (exact) mass is 274 g/mol. The molecular weight excluding hydrogens is 264 g/mol. The first-order valence-electron chi connectivity index (χ1n) is 5.77. The van der Waals surface area contributed by atoms with Crippen LogP contribution in [-0.2, 0) is 6.54 Å². The van der Waals surface area contributed by atoms with Crippen molar-refractivity contribution < 1.29 is 9.90 Å². The third-order valence-corrected chi connectivity index (χ3v) is 2.60. The second-order valence-electron chi connectivity index (χ2n) is 3.97. The number of fused-ring (bicyclic) bond motifs is 1. The number of aromatic nitrogens is 7. The molecule has 20 heavy (non-hydrogen) atoms. The molecule has 0 atom stereocenters. The molecule has 0 fully saturated rings. The molecule has 0 saturated heterocycles. The van der Waals surface area contributed by atoms with E-state index < -0.39 is 5.97 Å². The Labute approximate surface area is 112 Å². The summed E-state index contributed by atoms with van der Waals surface area (Å²) in [4.78, 5) is 14.5. The van der Waals surface area contributed by atoms with Gasteiger partial charge in [-0.05, 0) is 22.6 Å². The SMILES string of the molecule is O=C(O)c1cn(CCNc2ccc3nnnn3n2)cn1. The Hall–Kier alpha value is -3.04. The number of anilines is 1. The molecule has 0 radical (unpaired) electrons. The van der Waals surface area contributed by atoms with Gasteiger partial charge < -0.3 is 15.0 Å². The predicted octanol–water partition coefficient (Wildman–Crippen LogP) is -0.474. The predicted molar refractivity (Wildman–Crippen MR) is 66.3 cm³/mol. The number of imidazole rings is 1. The number of nitrogens with one attached hydrogen (secondary N) is 1. The first kappa shape index (κ1) is 12.0. The van der Waals surface area contributed by atoms with Gasteiger partial charge in [0.15, 0.2) is 11.3 Å². The molecule has 0 saturated carbocycles. The standard InChI is InChI=1S/C10H10N8O2/c19-10(20)7-5-17(6-12-7)4-3-11-8-1-2-9-13-15-16-18(9)14-8/h1-2,5-6H,3-4H2,(H,11,14)(H,19,20). The van der Waals surface area contributed by atoms with Gasteiger partial charge in [0.2, 0.25) is 0 Å². The Morgan fingerprint density at radius 2 is 2.30 bits per heavy atom. The van der Waals surface area contributed by atoms with Crippen molar-refractivity contribution in [1.82, 2.24) is 34.8 Å². The van der Waals surface area contributed by atoms with Crippen molar-refractivity contribution >= 4 is 17.4 Å². The molecule has 3 aromatic heterocycles. The maximum absolute atomic E-state index is 10.7. The highest BCUT2D eigenvalue weighted by molar-refractivity contribution is 5.84. The zero-order valence-electron chi connectivity index (χ0n) is 10.2. The van der Waals surface area contributed by atoms with Gasteiger partial charge >= 0.3 is 5.97 Å². The highest BCUT2D eigenvalue weighted by atomic mass is 16.4. The van der Waals surface area contributed by atoms with Crippen LogP contribution in [0, 0.1) is 0 Å². The number of hydrogen-bond donors (Lipinski definition) is 2. The van der Waals surface area contributed by atoms with Gasteiger partial charge in [-0.25, -0.2) is 9.78 Å². The summed E-state index contributed by atoms with van der Waals surface area (Å²) in [6.45, 7) is 1.13. The Balaban J connectivity index is 1.59. The van der Waals surface area contributed by atoms with Crippen LogP contribution in [0.1, 0.15) is 10.5 Å². The Morgan fingerprint density at radius 1 is 1.40 bits per heavy atom. The number of nitrogens with zero attached hydrogens (tertiary/aromatic N) is 7. The summed E-state index contributed by atoms with van der Waals surface area (Å²) in [6, 6.07) is 3.51. The number of carboxylic acids is 1. The fraction of sp³-hybridized carbons (Fsp3) is 0.200. The van der Waals surface area contributed by atoms with E-state index >= 15 is 0 Å². The van der Waals surface area contributed by atoms with Crippen LogP contribution in [0.2, 0.25) is 0 Å². The smallest absolute Gasteiger partial charge is 0.356 e. The van der Waals surface area contributed by atoms with Gasteiger partial charge in [-0.2, -0.15) is 0 Å². The number of tetrazole rings is 1. The first-order valence-corrected chi connectivity index (χ1v) is 5.77. The second-order valence-corrected chi connectivity index (χ2v) is 3.97. The minimum Gasteiger partial charge on any atom is -0.476 e. The molecule has 0 spiro atoms. The molecular formula is C10H10N8O2. The minimum absolute atomic E-state index is 0.0261. The summed E-state index contributed by atoms with van der Waals surface area (Å²) in [5, 5.41) is 26.9. The number of carboxylic acid groups (broad SMARTS) is 1. The fourth-order valence-electron chi connectivity index (χ4n) is 1.65. The van der Waals surface area contributed by atoms with Crippen molar-refractivity contribution in [3.05, 3.63) is 30.4 Å². The zero-order chi connectivity index (χ0) is 13.9. The van der Waals surface area contributed by atoms with Crippen LogP contribution in [0.3, 0.4) is 0 Å². The van der Waals surface area contributed by atoms with E-state index in [-0.39, 0.29) is 5.69 Å². The van der Waals surface area contributed by atoms with Crippen LogP contribution in [0.4, 0.5) is 5.82 Å². The average Bonchev–Trinajstić information content (AvgIpc) is 3.06. The minimum atomic E-state index is -1.04. The van der Waals surface area contributed by atoms with E-state index in [1.54, 1.807) is 16.7 Å². The third kappa shape index (κ3) is 2.39. The van der Waals surface area contributed by atoms with Crippen LogP contribution < -0.4 is 5.32 Å². The lowest BCUT2D eigenvalue weighted by atomic mass is 10.5. The normalized spacial score (nSPS) is 10.8. The molecule has 3 heterocycles. The van der Waals surface area contributed by atoms with Gasteiger partial charge in [-0.1, -0.05) is 0 Å². The highest BCUT2D eigenvalue weighted by Crippen LogP contribution is 2.03. The molecule has 0 bridgehead atoms. The Kier molecular flexibility index (Phi) is 2.95. The number of carbonyl (C=O) groups is 1. The van der Waals surface area contributed by atoms with Gasteiger partial charge in [0.05, 0.1) is 6.33 Å². The summed E-state index contributed by atoms with van der Waals surface area (Å²) in [7, 11) is 0. The van der Waals surface area contributed by atoms with Crippen LogP contribution in [0.5, 0.6) is 0 Å². The van der Waals surface area contributed by atoms with Gasteiger partial charge in [-0.3, -0.25) is 0 Å². The van der Waals surface area contributed by atoms with Crippen molar-refractivity contribution in [2.45, 2.75) is 6.54 Å². The van der Waals surface area contributed by atoms with Gasteiger partial charge in [0.25, 0.3) is 0 Å². The van der Waals surface area contributed by atoms with E-state index in [4.69, 9.17) is 5.11 Å². The van der Waals surface area contributed by atoms with E-state index in [0.29, 0.717) is 24.6 Å². The summed E-state index contributed by atoms with van der Waals surface area (Å²) in [6.07, 6.45) is 2.95. The molecule has 10 heteroatoms. The highest BCUT2D eigenvalue weighted by Gasteiger charge is 2.06. The van der Waals surface area contributed by atoms with E-state index in [1.165, 1.54) is 17.2 Å². The fourth-order valence-corrected chi connectivity index (χ4v) is 1.65. The summed E-state index contributed by atoms with van der Waals surface area (Å²) >= 11 is 0. The van der Waals surface area contributed by atoms with E-state index in [0.717, 1.165) is 0 Å². The molecule has 3 rings (SSSR count). The van der Waals surface area contributed by atoms with Crippen molar-refractivity contribution in [3.63, 3.8) is 0 Å². The summed E-state index contributed by atoms with van der Waals surface area (Å²) in [5.41, 5.74) is 0.592. The Morgan fingerprint density at radius 3 is 3.10 bits per heavy atom. The Bertz CT molecular complexity index is 748. The first-order chi connectivity index (χ1) is 9.72. The lowest BCUT2D eigenvalue weighted by Crippen LogP contribution is -2.11. The molecule has 3 aromatic rings. The molecule has 0 aliphatic heterocycles. The lowest BCUT2D eigenvalue weighted by molar-refractivity contribution is 0.0691. The van der Waals surface area contributed by atoms with Gasteiger partial charge in [0, 0.05) is 19.3 Å². The quantitative estimate of drug-likeness (QED) is 0.639. The summed E-state index contributed by atoms with van der Waals surface area (Å²) < 4.78 is 3.01. The molecule has 0 aromatic carbocycles. The van der Waals surface area contributed by atoms with Crippen molar-refractivity contribution in [1.29, 1.82) is 0 Å². The average molecular weight is 274 g/mol. The van der Waals surface area contributed by atoms with Crippen molar-refractivity contribution in [3.8, 4) is 0 Å². The van der Waals surface area contributed by atoms with E-state index in [1.807, 2.05) is 0 Å². The lowest BCUT2D eigenvalue weighted by Gasteiger charge is -2.05. The van der Waals surface area contributed by atoms with Crippen molar-refractivity contribution in [2.24, 2.45) is 0 Å². The molecule has 0 amide bonds.